The van der Waals surface area contributed by atoms with Gasteiger partial charge in [0.2, 0.25) is 5.91 Å². The Kier molecular flexibility index (Phi) is 4.40. The number of hydrogen-bond donors (Lipinski definition) is 3. The molecular weight excluding hydrogens is 376 g/mol. The molecule has 1 aliphatic heterocycles. The van der Waals surface area contributed by atoms with Crippen LogP contribution in [0.2, 0.25) is 0 Å². The highest BCUT2D eigenvalue weighted by atomic mass is 16.5. The van der Waals surface area contributed by atoms with Gasteiger partial charge in [-0.05, 0) is 79.8 Å². The third-order valence-electron chi connectivity index (χ3n) is 6.55. The third kappa shape index (κ3) is 3.08. The molecule has 0 radical (unpaired) electrons. The highest BCUT2D eigenvalue weighted by molar-refractivity contribution is 5.95. The van der Waals surface area contributed by atoms with Gasteiger partial charge in [-0.1, -0.05) is 6.07 Å². The summed E-state index contributed by atoms with van der Waals surface area (Å²) < 4.78 is 6.06. The van der Waals surface area contributed by atoms with Gasteiger partial charge in [-0.2, -0.15) is 0 Å². The van der Waals surface area contributed by atoms with Crippen molar-refractivity contribution in [2.75, 3.05) is 18.9 Å². The first-order valence-electron chi connectivity index (χ1n) is 10.4. The molecule has 2 aliphatic rings. The van der Waals surface area contributed by atoms with Crippen LogP contribution in [0.5, 0.6) is 5.75 Å². The van der Waals surface area contributed by atoms with Crippen molar-refractivity contribution in [2.24, 2.45) is 5.73 Å². The topological polar surface area (TPSA) is 103 Å². The number of benzene rings is 2. The number of ether oxygens (including phenoxy) is 1. The number of amides is 1. The van der Waals surface area contributed by atoms with Gasteiger partial charge in [0.15, 0.2) is 0 Å². The molecule has 1 saturated heterocycles. The Balaban J connectivity index is 1.64. The summed E-state index contributed by atoms with van der Waals surface area (Å²) in [5.74, 6) is 0.256. The number of anilines is 1. The zero-order valence-electron chi connectivity index (χ0n) is 17.1. The van der Waals surface area contributed by atoms with Crippen LogP contribution in [0.15, 0.2) is 42.6 Å². The third-order valence-corrected chi connectivity index (χ3v) is 6.55. The van der Waals surface area contributed by atoms with E-state index in [4.69, 9.17) is 16.2 Å². The van der Waals surface area contributed by atoms with Crippen molar-refractivity contribution in [3.8, 4) is 5.75 Å². The maximum absolute atomic E-state index is 12.2. The van der Waals surface area contributed by atoms with Crippen LogP contribution in [0.3, 0.4) is 0 Å². The first-order valence-corrected chi connectivity index (χ1v) is 10.4. The lowest BCUT2D eigenvalue weighted by molar-refractivity contribution is 0.0999. The number of carbonyl (C=O) groups is 1. The van der Waals surface area contributed by atoms with E-state index in [1.165, 1.54) is 0 Å². The maximum Gasteiger partial charge on any atom is 0.249 e. The van der Waals surface area contributed by atoms with Crippen LogP contribution in [0.25, 0.3) is 10.9 Å². The van der Waals surface area contributed by atoms with Crippen molar-refractivity contribution in [1.29, 1.82) is 0 Å². The molecule has 1 unspecified atom stereocenters. The molecule has 2 fully saturated rings. The lowest BCUT2D eigenvalue weighted by Crippen LogP contribution is -2.46. The number of fused-ring (bicyclic) bond motifs is 1. The number of rotatable bonds is 6. The molecule has 6 heteroatoms. The number of nitrogens with zero attached hydrogens (tertiary/aromatic N) is 1. The fraction of sp³-hybridized carbons (Fsp3) is 0.333. The second-order valence-electron chi connectivity index (χ2n) is 8.48. The Bertz CT molecular complexity index is 1150. The first-order chi connectivity index (χ1) is 14.5. The van der Waals surface area contributed by atoms with Crippen LogP contribution in [-0.2, 0) is 5.41 Å². The smallest absolute Gasteiger partial charge is 0.249 e. The number of nitrogens with two attached hydrogens (primary N) is 2. The summed E-state index contributed by atoms with van der Waals surface area (Å²) in [4.78, 5) is 16.7. The van der Waals surface area contributed by atoms with E-state index < -0.39 is 5.91 Å². The Morgan fingerprint density at radius 3 is 2.73 bits per heavy atom. The van der Waals surface area contributed by atoms with E-state index in [0.29, 0.717) is 29.6 Å². The number of pyridine rings is 1. The minimum absolute atomic E-state index is 0.209. The zero-order chi connectivity index (χ0) is 20.9. The second kappa shape index (κ2) is 6.99. The van der Waals surface area contributed by atoms with Crippen molar-refractivity contribution >= 4 is 22.5 Å². The van der Waals surface area contributed by atoms with E-state index in [1.807, 2.05) is 25.1 Å². The number of aromatic nitrogens is 1. The normalized spacial score (nSPS) is 19.3. The lowest BCUT2D eigenvalue weighted by atomic mass is 9.81. The summed E-state index contributed by atoms with van der Waals surface area (Å²) in [6.07, 6.45) is 4.85. The van der Waals surface area contributed by atoms with Gasteiger partial charge in [0.1, 0.15) is 12.4 Å². The van der Waals surface area contributed by atoms with E-state index in [2.05, 4.69) is 22.4 Å². The lowest BCUT2D eigenvalue weighted by Gasteiger charge is -2.28. The van der Waals surface area contributed by atoms with Crippen molar-refractivity contribution in [2.45, 2.75) is 37.6 Å². The molecule has 3 aromatic rings. The first kappa shape index (κ1) is 18.9. The fourth-order valence-corrected chi connectivity index (χ4v) is 4.62. The summed E-state index contributed by atoms with van der Waals surface area (Å²) in [6.45, 7) is 3.58. The van der Waals surface area contributed by atoms with E-state index >= 15 is 0 Å². The second-order valence-corrected chi connectivity index (χ2v) is 8.48. The quantitative estimate of drug-likeness (QED) is 0.550. The van der Waals surface area contributed by atoms with Crippen molar-refractivity contribution in [3.63, 3.8) is 0 Å². The van der Waals surface area contributed by atoms with Gasteiger partial charge in [0.25, 0.3) is 0 Å². The molecule has 2 heterocycles. The van der Waals surface area contributed by atoms with Gasteiger partial charge < -0.3 is 21.5 Å². The van der Waals surface area contributed by atoms with Crippen LogP contribution >= 0.6 is 0 Å². The minimum atomic E-state index is -0.434. The van der Waals surface area contributed by atoms with E-state index in [-0.39, 0.29) is 5.41 Å². The number of hydrogen-bond acceptors (Lipinski definition) is 5. The average Bonchev–Trinajstić information content (AvgIpc) is 3.48. The fourth-order valence-electron chi connectivity index (χ4n) is 4.62. The van der Waals surface area contributed by atoms with E-state index in [1.54, 1.807) is 12.3 Å². The van der Waals surface area contributed by atoms with Crippen LogP contribution in [0, 0.1) is 6.92 Å². The Morgan fingerprint density at radius 1 is 1.27 bits per heavy atom. The van der Waals surface area contributed by atoms with Crippen LogP contribution in [0.1, 0.15) is 46.3 Å². The Labute approximate surface area is 175 Å². The standard InChI is InChI=1S/C24H26N4O2/c1-14-19(23(26)29)11-17(30-13-16-4-8-27-16)12-20(14)24(5-6-24)21-9-15(25)10-22-18(21)3-2-7-28-22/h2-3,7,9-12,16,27H,4-6,8,13,25H2,1H3,(H2,26,29). The molecular formula is C24H26N4O2. The summed E-state index contributed by atoms with van der Waals surface area (Å²) in [6, 6.07) is 12.2. The molecule has 1 amide bonds. The predicted octanol–water partition coefficient (Wildman–Crippen LogP) is 3.04. The van der Waals surface area contributed by atoms with E-state index in [9.17, 15) is 4.79 Å². The molecule has 1 atom stereocenters. The molecule has 6 nitrogen and oxygen atoms in total. The van der Waals surface area contributed by atoms with Crippen molar-refractivity contribution in [1.82, 2.24) is 10.3 Å². The van der Waals surface area contributed by atoms with Gasteiger partial charge in [0.05, 0.1) is 5.52 Å². The average molecular weight is 402 g/mol. The Hall–Kier alpha value is -3.12. The molecule has 154 valence electrons. The molecule has 1 saturated carbocycles. The molecule has 0 spiro atoms. The monoisotopic (exact) mass is 402 g/mol. The molecule has 1 aromatic heterocycles. The molecule has 2 aromatic carbocycles. The predicted molar refractivity (Wildman–Crippen MR) is 118 cm³/mol. The van der Waals surface area contributed by atoms with Gasteiger partial charge in [-0.15, -0.1) is 0 Å². The molecule has 5 N–H and O–H groups in total. The summed E-state index contributed by atoms with van der Waals surface area (Å²) in [5.41, 5.74) is 17.0. The number of primary amides is 1. The van der Waals surface area contributed by atoms with Gasteiger partial charge in [0, 0.05) is 34.3 Å². The van der Waals surface area contributed by atoms with Crippen LogP contribution in [0.4, 0.5) is 5.69 Å². The maximum atomic E-state index is 12.2. The van der Waals surface area contributed by atoms with Crippen LogP contribution < -0.4 is 21.5 Å². The number of nitrogens with one attached hydrogen (secondary N) is 1. The minimum Gasteiger partial charge on any atom is -0.492 e. The SMILES string of the molecule is Cc1c(C(N)=O)cc(OCC2CCN2)cc1C1(c2cc(N)cc3ncccc23)CC1. The van der Waals surface area contributed by atoms with Gasteiger partial charge in [-0.25, -0.2) is 0 Å². The number of nitrogen functional groups attached to an aromatic ring is 1. The van der Waals surface area contributed by atoms with Gasteiger partial charge >= 0.3 is 0 Å². The highest BCUT2D eigenvalue weighted by Gasteiger charge is 2.48. The zero-order valence-corrected chi connectivity index (χ0v) is 17.1. The molecule has 30 heavy (non-hydrogen) atoms. The Morgan fingerprint density at radius 2 is 2.07 bits per heavy atom. The van der Waals surface area contributed by atoms with Gasteiger partial charge in [-0.3, -0.25) is 9.78 Å². The van der Waals surface area contributed by atoms with Crippen LogP contribution in [-0.4, -0.2) is 30.1 Å². The largest absolute Gasteiger partial charge is 0.492 e. The van der Waals surface area contributed by atoms with Crippen molar-refractivity contribution < 1.29 is 9.53 Å². The molecule has 0 bridgehead atoms. The molecule has 5 rings (SSSR count). The highest BCUT2D eigenvalue weighted by Crippen LogP contribution is 2.57. The summed E-state index contributed by atoms with van der Waals surface area (Å²) in [5, 5.41) is 4.43. The summed E-state index contributed by atoms with van der Waals surface area (Å²) >= 11 is 0. The molecule has 1 aliphatic carbocycles. The number of carbonyl (C=O) groups excluding carboxylic acids is 1. The van der Waals surface area contributed by atoms with Crippen molar-refractivity contribution in [3.05, 3.63) is 64.8 Å². The van der Waals surface area contributed by atoms with E-state index in [0.717, 1.165) is 53.4 Å². The summed E-state index contributed by atoms with van der Waals surface area (Å²) in [7, 11) is 0.